The van der Waals surface area contributed by atoms with Crippen LogP contribution in [0.4, 0.5) is 5.69 Å². The molecule has 0 amide bonds. The van der Waals surface area contributed by atoms with Crippen LogP contribution >= 0.6 is 0 Å². The molecule has 1 heteroatoms. The lowest BCUT2D eigenvalue weighted by Gasteiger charge is -2.26. The minimum absolute atomic E-state index is 0.826. The molecule has 0 unspecified atom stereocenters. The lowest BCUT2D eigenvalue weighted by molar-refractivity contribution is 0.885. The highest BCUT2D eigenvalue weighted by atomic mass is 15.1. The van der Waals surface area contributed by atoms with Crippen molar-refractivity contribution in [1.82, 2.24) is 0 Å². The predicted octanol–water partition coefficient (Wildman–Crippen LogP) is 3.55. The Bertz CT molecular complexity index is 567. The van der Waals surface area contributed by atoms with E-state index in [1.54, 1.807) is 0 Å². The summed E-state index contributed by atoms with van der Waals surface area (Å²) in [4.78, 5) is 2.31. The van der Waals surface area contributed by atoms with Crippen LogP contribution in [0.3, 0.4) is 0 Å². The summed E-state index contributed by atoms with van der Waals surface area (Å²) in [6.45, 7) is 11.6. The Labute approximate surface area is 109 Å². The van der Waals surface area contributed by atoms with Gasteiger partial charge >= 0.3 is 0 Å². The van der Waals surface area contributed by atoms with E-state index in [4.69, 9.17) is 0 Å². The summed E-state index contributed by atoms with van der Waals surface area (Å²) in [6.07, 6.45) is 3.69. The molecule has 0 bridgehead atoms. The van der Waals surface area contributed by atoms with Crippen molar-refractivity contribution in [2.45, 2.75) is 6.92 Å². The smallest absolute Gasteiger partial charge is 0.0528 e. The second kappa shape index (κ2) is 5.42. The molecule has 0 aromatic heterocycles. The van der Waals surface area contributed by atoms with E-state index in [1.807, 2.05) is 18.2 Å². The van der Waals surface area contributed by atoms with Crippen LogP contribution in [-0.4, -0.2) is 13.1 Å². The molecule has 0 saturated heterocycles. The fourth-order valence-electron chi connectivity index (χ4n) is 2.08. The third-order valence-corrected chi connectivity index (χ3v) is 3.12. The average molecular weight is 235 g/mol. The van der Waals surface area contributed by atoms with Crippen molar-refractivity contribution < 1.29 is 0 Å². The van der Waals surface area contributed by atoms with Crippen molar-refractivity contribution in [2.24, 2.45) is 0 Å². The lowest BCUT2D eigenvalue weighted by Crippen LogP contribution is -2.26. The summed E-state index contributed by atoms with van der Waals surface area (Å²) >= 11 is 0. The van der Waals surface area contributed by atoms with E-state index in [-0.39, 0.29) is 0 Å². The van der Waals surface area contributed by atoms with Gasteiger partial charge in [-0.3, -0.25) is 0 Å². The standard InChI is InChI=1S/C17H17N/c1-4-14-11-12-16-9-7-8-10-17(16)18(6-3)13-15(14)5-2/h4-5,7-10H,1-2,6,13H2,3H3/b15-14-. The predicted molar refractivity (Wildman–Crippen MR) is 78.6 cm³/mol. The van der Waals surface area contributed by atoms with Crippen molar-refractivity contribution in [3.05, 3.63) is 66.3 Å². The number of hydrogen-bond donors (Lipinski definition) is 0. The molecule has 18 heavy (non-hydrogen) atoms. The van der Waals surface area contributed by atoms with Crippen LogP contribution in [0.1, 0.15) is 12.5 Å². The van der Waals surface area contributed by atoms with Crippen molar-refractivity contribution >= 4 is 5.69 Å². The Morgan fingerprint density at radius 1 is 1.22 bits per heavy atom. The van der Waals surface area contributed by atoms with Gasteiger partial charge in [0, 0.05) is 24.2 Å². The number of allylic oxidation sites excluding steroid dienone is 2. The number of fused-ring (bicyclic) bond motifs is 1. The van der Waals surface area contributed by atoms with Gasteiger partial charge in [0.1, 0.15) is 0 Å². The molecule has 0 radical (unpaired) electrons. The van der Waals surface area contributed by atoms with Crippen LogP contribution in [0.25, 0.3) is 0 Å². The third kappa shape index (κ3) is 2.24. The Morgan fingerprint density at radius 3 is 2.67 bits per heavy atom. The normalized spacial score (nSPS) is 17.9. The van der Waals surface area contributed by atoms with Crippen LogP contribution in [0.2, 0.25) is 0 Å². The summed E-state index contributed by atoms with van der Waals surface area (Å²) in [6, 6.07) is 8.25. The van der Waals surface area contributed by atoms with Gasteiger partial charge < -0.3 is 4.90 Å². The first-order chi connectivity index (χ1) is 8.80. The van der Waals surface area contributed by atoms with Gasteiger partial charge in [0.15, 0.2) is 0 Å². The fraction of sp³-hybridized carbons (Fsp3) is 0.176. The van der Waals surface area contributed by atoms with Gasteiger partial charge in [-0.05, 0) is 24.6 Å². The molecular formula is C17H17N. The zero-order chi connectivity index (χ0) is 13.0. The maximum absolute atomic E-state index is 3.88. The Kier molecular flexibility index (Phi) is 3.69. The second-order valence-electron chi connectivity index (χ2n) is 4.13. The Morgan fingerprint density at radius 2 is 2.00 bits per heavy atom. The van der Waals surface area contributed by atoms with E-state index in [2.05, 4.69) is 55.0 Å². The van der Waals surface area contributed by atoms with E-state index >= 15 is 0 Å². The van der Waals surface area contributed by atoms with Gasteiger partial charge in [0.2, 0.25) is 0 Å². The molecule has 0 spiro atoms. The fourth-order valence-corrected chi connectivity index (χ4v) is 2.08. The quantitative estimate of drug-likeness (QED) is 0.724. The maximum atomic E-state index is 3.88. The maximum Gasteiger partial charge on any atom is 0.0528 e. The largest absolute Gasteiger partial charge is 0.366 e. The minimum Gasteiger partial charge on any atom is -0.366 e. The van der Waals surface area contributed by atoms with Crippen LogP contribution < -0.4 is 4.90 Å². The average Bonchev–Trinajstić information content (AvgIpc) is 2.40. The van der Waals surface area contributed by atoms with Crippen LogP contribution in [0.5, 0.6) is 0 Å². The van der Waals surface area contributed by atoms with Crippen molar-refractivity contribution in [3.8, 4) is 11.8 Å². The van der Waals surface area contributed by atoms with Crippen molar-refractivity contribution in [1.29, 1.82) is 0 Å². The van der Waals surface area contributed by atoms with Gasteiger partial charge in [0.05, 0.1) is 5.69 Å². The first-order valence-electron chi connectivity index (χ1n) is 6.14. The zero-order valence-electron chi connectivity index (χ0n) is 10.7. The van der Waals surface area contributed by atoms with Crippen LogP contribution in [-0.2, 0) is 0 Å². The third-order valence-electron chi connectivity index (χ3n) is 3.12. The van der Waals surface area contributed by atoms with Gasteiger partial charge in [-0.1, -0.05) is 49.3 Å². The topological polar surface area (TPSA) is 3.24 Å². The first-order valence-corrected chi connectivity index (χ1v) is 6.14. The van der Waals surface area contributed by atoms with E-state index in [0.717, 1.165) is 29.8 Å². The molecule has 1 aromatic carbocycles. The number of nitrogens with zero attached hydrogens (tertiary/aromatic N) is 1. The molecule has 90 valence electrons. The van der Waals surface area contributed by atoms with E-state index in [1.165, 1.54) is 5.69 Å². The van der Waals surface area contributed by atoms with E-state index in [0.29, 0.717) is 0 Å². The van der Waals surface area contributed by atoms with Crippen molar-refractivity contribution in [2.75, 3.05) is 18.0 Å². The molecule has 0 saturated carbocycles. The van der Waals surface area contributed by atoms with Gasteiger partial charge in [0.25, 0.3) is 0 Å². The summed E-state index contributed by atoms with van der Waals surface area (Å²) in [5.41, 5.74) is 4.36. The number of benzene rings is 1. The molecule has 1 aliphatic heterocycles. The highest BCUT2D eigenvalue weighted by Crippen LogP contribution is 2.23. The molecule has 0 fully saturated rings. The monoisotopic (exact) mass is 235 g/mol. The molecule has 0 atom stereocenters. The first kappa shape index (κ1) is 12.3. The number of rotatable bonds is 3. The van der Waals surface area contributed by atoms with Gasteiger partial charge in [-0.15, -0.1) is 0 Å². The molecule has 1 aliphatic rings. The van der Waals surface area contributed by atoms with Gasteiger partial charge in [-0.25, -0.2) is 0 Å². The minimum atomic E-state index is 0.826. The summed E-state index contributed by atoms with van der Waals surface area (Å²) in [7, 11) is 0. The number of hydrogen-bond acceptors (Lipinski definition) is 1. The molecule has 0 aliphatic carbocycles. The summed E-state index contributed by atoms with van der Waals surface area (Å²) in [5, 5.41) is 0. The zero-order valence-corrected chi connectivity index (χ0v) is 10.7. The van der Waals surface area contributed by atoms with Crippen LogP contribution in [0, 0.1) is 11.8 Å². The van der Waals surface area contributed by atoms with E-state index < -0.39 is 0 Å². The van der Waals surface area contributed by atoms with E-state index in [9.17, 15) is 0 Å². The van der Waals surface area contributed by atoms with Crippen molar-refractivity contribution in [3.63, 3.8) is 0 Å². The Hall–Kier alpha value is -2.20. The number of para-hydroxylation sites is 1. The Balaban J connectivity index is 2.61. The number of likely N-dealkylation sites (N-methyl/N-ethyl adjacent to an activating group) is 1. The summed E-state index contributed by atoms with van der Waals surface area (Å²) < 4.78 is 0. The van der Waals surface area contributed by atoms with Crippen LogP contribution in [0.15, 0.2) is 60.7 Å². The summed E-state index contributed by atoms with van der Waals surface area (Å²) in [5.74, 6) is 6.41. The highest BCUT2D eigenvalue weighted by Gasteiger charge is 2.12. The second-order valence-corrected chi connectivity index (χ2v) is 4.13. The van der Waals surface area contributed by atoms with Gasteiger partial charge in [-0.2, -0.15) is 0 Å². The molecule has 1 aromatic rings. The number of anilines is 1. The molecule has 0 N–H and O–H groups in total. The molecule has 1 nitrogen and oxygen atoms in total. The SMILES string of the molecule is C=C/C1=C(\C=C)CN(CC)c2ccccc2C#C1. The molecule has 2 rings (SSSR count). The lowest BCUT2D eigenvalue weighted by atomic mass is 10.0. The molecule has 1 heterocycles. The molecular weight excluding hydrogens is 218 g/mol. The highest BCUT2D eigenvalue weighted by molar-refractivity contribution is 5.65.